The van der Waals surface area contributed by atoms with E-state index >= 15 is 0 Å². The summed E-state index contributed by atoms with van der Waals surface area (Å²) in [5.41, 5.74) is 2.27. The van der Waals surface area contributed by atoms with Crippen molar-refractivity contribution in [3.05, 3.63) is 30.0 Å². The minimum Gasteiger partial charge on any atom is -0.340 e. The first-order valence-corrected chi connectivity index (χ1v) is 6.71. The third-order valence-electron chi connectivity index (χ3n) is 2.18. The number of sulfonamides is 1. The summed E-state index contributed by atoms with van der Waals surface area (Å²) in [6.45, 7) is 1.56. The van der Waals surface area contributed by atoms with Crippen LogP contribution in [0.3, 0.4) is 0 Å². The zero-order valence-corrected chi connectivity index (χ0v) is 10.8. The zero-order chi connectivity index (χ0) is 13.9. The topological polar surface area (TPSA) is 136 Å². The van der Waals surface area contributed by atoms with Crippen LogP contribution in [0.15, 0.2) is 27.7 Å². The first-order valence-electron chi connectivity index (χ1n) is 5.23. The summed E-state index contributed by atoms with van der Waals surface area (Å²) < 4.78 is 31.1. The van der Waals surface area contributed by atoms with Gasteiger partial charge in [0.2, 0.25) is 15.9 Å². The van der Waals surface area contributed by atoms with Crippen molar-refractivity contribution in [2.24, 2.45) is 5.84 Å². The van der Waals surface area contributed by atoms with Crippen molar-refractivity contribution in [3.8, 4) is 0 Å². The largest absolute Gasteiger partial charge is 0.340 e. The third-order valence-corrected chi connectivity index (χ3v) is 3.58. The first-order chi connectivity index (χ1) is 9.01. The fourth-order valence-electron chi connectivity index (χ4n) is 1.31. The molecular weight excluding hydrogens is 272 g/mol. The van der Waals surface area contributed by atoms with Crippen LogP contribution >= 0.6 is 0 Å². The Hall–Kier alpha value is -2.04. The summed E-state index contributed by atoms with van der Waals surface area (Å²) in [6, 6.07) is 2.66. The average Bonchev–Trinajstić information content (AvgIpc) is 2.82. The molecule has 0 atom stereocenters. The monoisotopic (exact) mass is 284 g/mol. The van der Waals surface area contributed by atoms with Gasteiger partial charge in [-0.3, -0.25) is 0 Å². The lowest BCUT2D eigenvalue weighted by Crippen LogP contribution is -2.24. The molecule has 0 aromatic carbocycles. The number of anilines is 1. The number of aromatic nitrogens is 3. The minimum absolute atomic E-state index is 0.0377. The van der Waals surface area contributed by atoms with Gasteiger partial charge < -0.3 is 9.95 Å². The highest BCUT2D eigenvalue weighted by Crippen LogP contribution is 2.12. The van der Waals surface area contributed by atoms with Crippen molar-refractivity contribution in [1.82, 2.24) is 19.8 Å². The van der Waals surface area contributed by atoms with Gasteiger partial charge in [-0.2, -0.15) is 4.98 Å². The number of nitrogens with one attached hydrogen (secondary N) is 2. The van der Waals surface area contributed by atoms with Crippen molar-refractivity contribution >= 4 is 15.8 Å². The molecule has 0 fully saturated rings. The second-order valence-corrected chi connectivity index (χ2v) is 5.34. The van der Waals surface area contributed by atoms with Crippen LogP contribution in [0.4, 0.5) is 5.82 Å². The fraction of sp³-hybridized carbons (Fsp3) is 0.222. The quantitative estimate of drug-likeness (QED) is 0.495. The standard InChI is InChI=1S/C9H12N6O3S/c1-6-13-9(15-18-6)5-12-19(16,17)7-2-3-11-8(4-7)14-10/h2-4,12H,5,10H2,1H3,(H,11,14). The van der Waals surface area contributed by atoms with Crippen molar-refractivity contribution in [1.29, 1.82) is 0 Å². The summed E-state index contributed by atoms with van der Waals surface area (Å²) >= 11 is 0. The van der Waals surface area contributed by atoms with Gasteiger partial charge in [-0.1, -0.05) is 5.16 Å². The third kappa shape index (κ3) is 3.24. The van der Waals surface area contributed by atoms with Gasteiger partial charge in [0.15, 0.2) is 5.82 Å². The van der Waals surface area contributed by atoms with Crippen LogP contribution in [-0.2, 0) is 16.6 Å². The maximum atomic E-state index is 12.0. The van der Waals surface area contributed by atoms with E-state index < -0.39 is 10.0 Å². The Morgan fingerprint density at radius 3 is 2.89 bits per heavy atom. The number of hydrazine groups is 1. The molecule has 4 N–H and O–H groups in total. The van der Waals surface area contributed by atoms with Crippen molar-refractivity contribution in [3.63, 3.8) is 0 Å². The highest BCUT2D eigenvalue weighted by atomic mass is 32.2. The van der Waals surface area contributed by atoms with E-state index in [0.29, 0.717) is 5.89 Å². The van der Waals surface area contributed by atoms with Gasteiger partial charge in [-0.25, -0.2) is 24.0 Å². The van der Waals surface area contributed by atoms with Crippen LogP contribution in [0, 0.1) is 6.92 Å². The molecule has 2 rings (SSSR count). The maximum absolute atomic E-state index is 12.0. The van der Waals surface area contributed by atoms with Crippen molar-refractivity contribution < 1.29 is 12.9 Å². The molecule has 2 aromatic rings. The molecule has 2 heterocycles. The smallest absolute Gasteiger partial charge is 0.241 e. The Balaban J connectivity index is 2.13. The Bertz CT molecular complexity index is 668. The molecule has 0 saturated heterocycles. The Morgan fingerprint density at radius 2 is 2.26 bits per heavy atom. The molecule has 0 aliphatic heterocycles. The van der Waals surface area contributed by atoms with E-state index in [2.05, 4.69) is 25.3 Å². The fourth-order valence-corrected chi connectivity index (χ4v) is 2.31. The predicted octanol–water partition coefficient (Wildman–Crippen LogP) is -0.463. The molecule has 0 saturated carbocycles. The summed E-state index contributed by atoms with van der Waals surface area (Å²) in [7, 11) is -3.69. The normalized spacial score (nSPS) is 11.5. The highest BCUT2D eigenvalue weighted by Gasteiger charge is 2.15. The van der Waals surface area contributed by atoms with Gasteiger partial charge >= 0.3 is 0 Å². The first kappa shape index (κ1) is 13.4. The second-order valence-electron chi connectivity index (χ2n) is 3.58. The molecular formula is C9H12N6O3S. The number of nitrogen functional groups attached to an aromatic ring is 1. The number of hydrogen-bond acceptors (Lipinski definition) is 8. The van der Waals surface area contributed by atoms with Crippen molar-refractivity contribution in [2.45, 2.75) is 18.4 Å². The van der Waals surface area contributed by atoms with Crippen molar-refractivity contribution in [2.75, 3.05) is 5.43 Å². The van der Waals surface area contributed by atoms with E-state index in [1.54, 1.807) is 6.92 Å². The number of nitrogens with two attached hydrogens (primary N) is 1. The van der Waals surface area contributed by atoms with Gasteiger partial charge in [0.05, 0.1) is 11.4 Å². The zero-order valence-electron chi connectivity index (χ0n) is 9.99. The van der Waals surface area contributed by atoms with Gasteiger partial charge in [0.1, 0.15) is 5.82 Å². The number of pyridine rings is 1. The molecule has 0 bridgehead atoms. The van der Waals surface area contributed by atoms with E-state index in [0.717, 1.165) is 0 Å². The van der Waals surface area contributed by atoms with Crippen LogP contribution in [-0.4, -0.2) is 23.5 Å². The molecule has 0 aliphatic carbocycles. The van der Waals surface area contributed by atoms with Crippen LogP contribution in [0.2, 0.25) is 0 Å². The lowest BCUT2D eigenvalue weighted by molar-refractivity contribution is 0.387. The second kappa shape index (κ2) is 5.30. The summed E-state index contributed by atoms with van der Waals surface area (Å²) in [5.74, 6) is 6.04. The Morgan fingerprint density at radius 1 is 1.47 bits per heavy atom. The molecule has 0 aliphatic rings. The predicted molar refractivity (Wildman–Crippen MR) is 65.1 cm³/mol. The summed E-state index contributed by atoms with van der Waals surface area (Å²) in [6.07, 6.45) is 1.34. The minimum atomic E-state index is -3.69. The molecule has 0 radical (unpaired) electrons. The van der Waals surface area contributed by atoms with E-state index in [-0.39, 0.29) is 23.1 Å². The molecule has 2 aromatic heterocycles. The van der Waals surface area contributed by atoms with E-state index in [1.165, 1.54) is 18.3 Å². The Labute approximate surface area is 109 Å². The number of nitrogens with zero attached hydrogens (tertiary/aromatic N) is 3. The molecule has 0 amide bonds. The van der Waals surface area contributed by atoms with Crippen LogP contribution in [0.5, 0.6) is 0 Å². The highest BCUT2D eigenvalue weighted by molar-refractivity contribution is 7.89. The van der Waals surface area contributed by atoms with Gasteiger partial charge in [-0.15, -0.1) is 0 Å². The van der Waals surface area contributed by atoms with E-state index in [4.69, 9.17) is 10.4 Å². The van der Waals surface area contributed by atoms with E-state index in [9.17, 15) is 8.42 Å². The van der Waals surface area contributed by atoms with Crippen LogP contribution in [0.25, 0.3) is 0 Å². The Kier molecular flexibility index (Phi) is 3.74. The van der Waals surface area contributed by atoms with Gasteiger partial charge in [-0.05, 0) is 6.07 Å². The lowest BCUT2D eigenvalue weighted by atomic mass is 10.5. The summed E-state index contributed by atoms with van der Waals surface area (Å²) in [5, 5.41) is 3.59. The van der Waals surface area contributed by atoms with E-state index in [1.807, 2.05) is 0 Å². The number of aryl methyl sites for hydroxylation is 1. The number of rotatable bonds is 5. The SMILES string of the molecule is Cc1nc(CNS(=O)(=O)c2ccnc(NN)c2)no1. The van der Waals surface area contributed by atoms with Crippen LogP contribution < -0.4 is 16.0 Å². The van der Waals surface area contributed by atoms with Gasteiger partial charge in [0.25, 0.3) is 0 Å². The van der Waals surface area contributed by atoms with Gasteiger partial charge in [0, 0.05) is 19.2 Å². The molecule has 9 nitrogen and oxygen atoms in total. The molecule has 0 unspecified atom stereocenters. The molecule has 102 valence electrons. The van der Waals surface area contributed by atoms with Crippen LogP contribution in [0.1, 0.15) is 11.7 Å². The molecule has 10 heteroatoms. The summed E-state index contributed by atoms with van der Waals surface area (Å²) in [4.78, 5) is 7.75. The maximum Gasteiger partial charge on any atom is 0.241 e. The molecule has 19 heavy (non-hydrogen) atoms. The number of hydrogen-bond donors (Lipinski definition) is 3. The molecule has 0 spiro atoms. The lowest BCUT2D eigenvalue weighted by Gasteiger charge is -2.06. The average molecular weight is 284 g/mol.